The lowest BCUT2D eigenvalue weighted by Gasteiger charge is -2.17. The van der Waals surface area contributed by atoms with Crippen molar-refractivity contribution < 1.29 is 4.74 Å². The van der Waals surface area contributed by atoms with Crippen molar-refractivity contribution >= 4 is 15.9 Å². The van der Waals surface area contributed by atoms with E-state index in [1.807, 2.05) is 6.07 Å². The number of hydrogen-bond acceptors (Lipinski definition) is 2. The predicted molar refractivity (Wildman–Crippen MR) is 138 cm³/mol. The highest BCUT2D eigenvalue weighted by molar-refractivity contribution is 9.10. The molecule has 1 aromatic heterocycles. The zero-order chi connectivity index (χ0) is 22.5. The van der Waals surface area contributed by atoms with Gasteiger partial charge in [0.1, 0.15) is 5.75 Å². The van der Waals surface area contributed by atoms with E-state index in [1.165, 1.54) is 22.5 Å². The molecule has 0 saturated heterocycles. The molecule has 0 fully saturated rings. The second kappa shape index (κ2) is 10.2. The molecule has 0 aliphatic rings. The van der Waals surface area contributed by atoms with Crippen molar-refractivity contribution in [1.29, 1.82) is 0 Å². The molecule has 4 aromatic rings. The second-order valence-corrected chi connectivity index (χ2v) is 9.18. The minimum Gasteiger partial charge on any atom is -0.494 e. The molecule has 4 heteroatoms. The molecule has 0 bridgehead atoms. The van der Waals surface area contributed by atoms with Crippen LogP contribution in [-0.4, -0.2) is 36.7 Å². The third-order valence-corrected chi connectivity index (χ3v) is 6.05. The van der Waals surface area contributed by atoms with E-state index in [1.54, 1.807) is 0 Å². The summed E-state index contributed by atoms with van der Waals surface area (Å²) in [6, 6.07) is 29.8. The van der Waals surface area contributed by atoms with E-state index in [-0.39, 0.29) is 0 Å². The average Bonchev–Trinajstić information content (AvgIpc) is 3.22. The lowest BCUT2D eigenvalue weighted by molar-refractivity contribution is 0.281. The molecule has 0 N–H and O–H groups in total. The number of ether oxygens (including phenoxy) is 1. The van der Waals surface area contributed by atoms with Crippen LogP contribution in [0.4, 0.5) is 0 Å². The summed E-state index contributed by atoms with van der Waals surface area (Å²) in [4.78, 5) is 2.18. The molecule has 1 heterocycles. The van der Waals surface area contributed by atoms with Gasteiger partial charge >= 0.3 is 0 Å². The smallest absolute Gasteiger partial charge is 0.119 e. The largest absolute Gasteiger partial charge is 0.494 e. The summed E-state index contributed by atoms with van der Waals surface area (Å²) in [5.41, 5.74) is 7.05. The first-order valence-electron chi connectivity index (χ1n) is 10.9. The Bertz CT molecular complexity index is 1180. The van der Waals surface area contributed by atoms with Crippen molar-refractivity contribution in [2.24, 2.45) is 0 Å². The third kappa shape index (κ3) is 5.14. The van der Waals surface area contributed by atoms with Crippen LogP contribution in [0.15, 0.2) is 89.4 Å². The molecule has 0 spiro atoms. The fourth-order valence-corrected chi connectivity index (χ4v) is 4.16. The standard InChI is InChI=1S/C28H29BrN2O/c1-21-8-4-5-11-26(21)31-27(22-12-14-24(29)15-13-22)16-17-28(31)23-9-6-10-25(20-23)32-19-7-18-30(2)3/h4-6,8-17,20H,7,18-19H2,1-3H3. The van der Waals surface area contributed by atoms with Gasteiger partial charge in [0.2, 0.25) is 0 Å². The molecule has 0 atom stereocenters. The summed E-state index contributed by atoms with van der Waals surface area (Å²) in [7, 11) is 4.17. The molecule has 0 aliphatic carbocycles. The van der Waals surface area contributed by atoms with Crippen LogP contribution in [0.25, 0.3) is 28.2 Å². The molecule has 0 amide bonds. The number of halogens is 1. The van der Waals surface area contributed by atoms with Gasteiger partial charge in [0.25, 0.3) is 0 Å². The van der Waals surface area contributed by atoms with Crippen LogP contribution >= 0.6 is 15.9 Å². The average molecular weight is 489 g/mol. The first-order chi connectivity index (χ1) is 15.5. The zero-order valence-corrected chi connectivity index (χ0v) is 20.5. The molecule has 164 valence electrons. The van der Waals surface area contributed by atoms with Crippen molar-refractivity contribution in [3.05, 3.63) is 95.0 Å². The number of para-hydroxylation sites is 1. The van der Waals surface area contributed by atoms with Crippen molar-refractivity contribution in [2.75, 3.05) is 27.2 Å². The fourth-order valence-electron chi connectivity index (χ4n) is 3.90. The van der Waals surface area contributed by atoms with Crippen LogP contribution in [0.1, 0.15) is 12.0 Å². The first-order valence-corrected chi connectivity index (χ1v) is 11.7. The Hall–Kier alpha value is -2.82. The van der Waals surface area contributed by atoms with Gasteiger partial charge in [0.05, 0.1) is 18.0 Å². The molecule has 0 saturated carbocycles. The van der Waals surface area contributed by atoms with Gasteiger partial charge in [-0.1, -0.05) is 58.4 Å². The topological polar surface area (TPSA) is 17.4 Å². The van der Waals surface area contributed by atoms with Gasteiger partial charge in [0, 0.05) is 22.3 Å². The van der Waals surface area contributed by atoms with Crippen molar-refractivity contribution in [1.82, 2.24) is 9.47 Å². The molecule has 4 rings (SSSR count). The summed E-state index contributed by atoms with van der Waals surface area (Å²) < 4.78 is 9.48. The van der Waals surface area contributed by atoms with E-state index in [9.17, 15) is 0 Å². The lowest BCUT2D eigenvalue weighted by atomic mass is 10.1. The van der Waals surface area contributed by atoms with Crippen LogP contribution in [-0.2, 0) is 0 Å². The minimum atomic E-state index is 0.713. The second-order valence-electron chi connectivity index (χ2n) is 8.27. The number of aryl methyl sites for hydroxylation is 1. The van der Waals surface area contributed by atoms with Crippen molar-refractivity contribution in [2.45, 2.75) is 13.3 Å². The van der Waals surface area contributed by atoms with Gasteiger partial charge in [-0.25, -0.2) is 0 Å². The summed E-state index contributed by atoms with van der Waals surface area (Å²) in [6.07, 6.45) is 1.00. The van der Waals surface area contributed by atoms with Crippen LogP contribution in [0.5, 0.6) is 5.75 Å². The van der Waals surface area contributed by atoms with Crippen LogP contribution in [0.3, 0.4) is 0 Å². The molecule has 3 nitrogen and oxygen atoms in total. The predicted octanol–water partition coefficient (Wildman–Crippen LogP) is 7.21. The Morgan fingerprint density at radius 2 is 1.53 bits per heavy atom. The Kier molecular flexibility index (Phi) is 7.13. The summed E-state index contributed by atoms with van der Waals surface area (Å²) in [5.74, 6) is 0.906. The lowest BCUT2D eigenvalue weighted by Crippen LogP contribution is -2.15. The first kappa shape index (κ1) is 22.4. The number of aromatic nitrogens is 1. The van der Waals surface area contributed by atoms with E-state index >= 15 is 0 Å². The van der Waals surface area contributed by atoms with Gasteiger partial charge < -0.3 is 14.2 Å². The number of rotatable bonds is 8. The van der Waals surface area contributed by atoms with Crippen molar-refractivity contribution in [3.63, 3.8) is 0 Å². The van der Waals surface area contributed by atoms with E-state index in [2.05, 4.69) is 125 Å². The Morgan fingerprint density at radius 1 is 0.812 bits per heavy atom. The molecule has 3 aromatic carbocycles. The maximum Gasteiger partial charge on any atom is 0.119 e. The molecular formula is C28H29BrN2O. The highest BCUT2D eigenvalue weighted by atomic mass is 79.9. The van der Waals surface area contributed by atoms with Crippen LogP contribution in [0, 0.1) is 6.92 Å². The Balaban J connectivity index is 1.74. The normalized spacial score (nSPS) is 11.2. The Morgan fingerprint density at radius 3 is 2.25 bits per heavy atom. The number of benzene rings is 3. The summed E-state index contributed by atoms with van der Waals surface area (Å²) in [5, 5.41) is 0. The number of nitrogens with zero attached hydrogens (tertiary/aromatic N) is 2. The van der Waals surface area contributed by atoms with E-state index < -0.39 is 0 Å². The van der Waals surface area contributed by atoms with Crippen LogP contribution < -0.4 is 4.74 Å². The van der Waals surface area contributed by atoms with Crippen molar-refractivity contribution in [3.8, 4) is 34.0 Å². The van der Waals surface area contributed by atoms with E-state index in [0.717, 1.165) is 34.4 Å². The highest BCUT2D eigenvalue weighted by Gasteiger charge is 2.15. The van der Waals surface area contributed by atoms with E-state index in [0.29, 0.717) is 6.61 Å². The summed E-state index contributed by atoms with van der Waals surface area (Å²) >= 11 is 3.55. The molecular weight excluding hydrogens is 460 g/mol. The molecule has 0 unspecified atom stereocenters. The maximum absolute atomic E-state index is 6.05. The quantitative estimate of drug-likeness (QED) is 0.243. The third-order valence-electron chi connectivity index (χ3n) is 5.53. The zero-order valence-electron chi connectivity index (χ0n) is 18.9. The number of hydrogen-bond donors (Lipinski definition) is 0. The highest BCUT2D eigenvalue weighted by Crippen LogP contribution is 2.35. The molecule has 0 radical (unpaired) electrons. The SMILES string of the molecule is Cc1ccccc1-n1c(-c2ccc(Br)cc2)ccc1-c1cccc(OCCCN(C)C)c1. The van der Waals surface area contributed by atoms with Gasteiger partial charge in [0.15, 0.2) is 0 Å². The van der Waals surface area contributed by atoms with Gasteiger partial charge in [-0.05, 0) is 81.0 Å². The van der Waals surface area contributed by atoms with Gasteiger partial charge in [-0.3, -0.25) is 0 Å². The van der Waals surface area contributed by atoms with Gasteiger partial charge in [-0.2, -0.15) is 0 Å². The summed E-state index contributed by atoms with van der Waals surface area (Å²) in [6.45, 7) is 3.89. The monoisotopic (exact) mass is 488 g/mol. The molecule has 0 aliphatic heterocycles. The maximum atomic E-state index is 6.05. The Labute approximate surface area is 199 Å². The molecule has 32 heavy (non-hydrogen) atoms. The fraction of sp³-hybridized carbons (Fsp3) is 0.214. The van der Waals surface area contributed by atoms with E-state index in [4.69, 9.17) is 4.74 Å². The van der Waals surface area contributed by atoms with Gasteiger partial charge in [-0.15, -0.1) is 0 Å². The minimum absolute atomic E-state index is 0.713. The van der Waals surface area contributed by atoms with Crippen LogP contribution in [0.2, 0.25) is 0 Å².